The molecule has 2 bridgehead atoms. The molecule has 5 nitrogen and oxygen atoms in total. The molecule has 0 N–H and O–H groups in total. The molecule has 5 heterocycles. The molecule has 0 unspecified atom stereocenters. The molecular formula is C20H21F2N3O2. The van der Waals surface area contributed by atoms with Crippen LogP contribution >= 0.6 is 0 Å². The zero-order valence-electron chi connectivity index (χ0n) is 15.1. The van der Waals surface area contributed by atoms with Crippen molar-refractivity contribution < 1.29 is 18.1 Å². The fraction of sp³-hybridized carbons (Fsp3) is 0.500. The van der Waals surface area contributed by atoms with Gasteiger partial charge in [-0.2, -0.15) is 0 Å². The summed E-state index contributed by atoms with van der Waals surface area (Å²) in [4.78, 5) is 17.5. The molecule has 4 saturated heterocycles. The zero-order chi connectivity index (χ0) is 18.7. The standard InChI is InChI=1S/C20H21F2N3O2/c1-11-16(9-23-27-11)20(26)25-10-17(13-6-14(21)8-15(22)7-13)19-18(25)12-2-4-24(19)5-3-12/h6-9,12,17-19H,2-5,10H2,1H3/t17-,18-,19-/m1/s1. The molecule has 3 atom stereocenters. The van der Waals surface area contributed by atoms with Crippen LogP contribution < -0.4 is 0 Å². The Balaban J connectivity index is 1.56. The number of aryl methyl sites for hydroxylation is 1. The lowest BCUT2D eigenvalue weighted by molar-refractivity contribution is -0.00348. The van der Waals surface area contributed by atoms with Crippen LogP contribution in [-0.2, 0) is 0 Å². The monoisotopic (exact) mass is 373 g/mol. The molecule has 1 amide bonds. The second kappa shape index (κ2) is 6.12. The van der Waals surface area contributed by atoms with Crippen LogP contribution in [0.2, 0.25) is 0 Å². The van der Waals surface area contributed by atoms with Gasteiger partial charge < -0.3 is 9.42 Å². The van der Waals surface area contributed by atoms with E-state index in [0.717, 1.165) is 32.0 Å². The third-order valence-corrected chi connectivity index (χ3v) is 6.55. The molecule has 27 heavy (non-hydrogen) atoms. The number of nitrogens with zero attached hydrogens (tertiary/aromatic N) is 3. The summed E-state index contributed by atoms with van der Waals surface area (Å²) >= 11 is 0. The number of carbonyl (C=O) groups excluding carboxylic acids is 1. The molecule has 4 fully saturated rings. The van der Waals surface area contributed by atoms with E-state index in [1.54, 1.807) is 6.92 Å². The Morgan fingerprint density at radius 2 is 1.85 bits per heavy atom. The van der Waals surface area contributed by atoms with Crippen molar-refractivity contribution in [2.24, 2.45) is 5.92 Å². The molecule has 0 radical (unpaired) electrons. The predicted molar refractivity (Wildman–Crippen MR) is 93.2 cm³/mol. The third-order valence-electron chi connectivity index (χ3n) is 6.55. The number of rotatable bonds is 2. The summed E-state index contributed by atoms with van der Waals surface area (Å²) in [6.45, 7) is 4.14. The lowest BCUT2D eigenvalue weighted by Gasteiger charge is -2.51. The zero-order valence-corrected chi connectivity index (χ0v) is 15.1. The second-order valence-electron chi connectivity index (χ2n) is 7.92. The van der Waals surface area contributed by atoms with E-state index in [0.29, 0.717) is 29.3 Å². The average Bonchev–Trinajstić information content (AvgIpc) is 3.26. The van der Waals surface area contributed by atoms with Crippen molar-refractivity contribution in [1.29, 1.82) is 0 Å². The fourth-order valence-corrected chi connectivity index (χ4v) is 5.40. The summed E-state index contributed by atoms with van der Waals surface area (Å²) in [6.07, 6.45) is 3.57. The maximum absolute atomic E-state index is 13.9. The SMILES string of the molecule is Cc1oncc1C(=O)N1C[C@H](c2cc(F)cc(F)c2)[C@@H]2[C@H]1C1CCN2CC1. The first-order chi connectivity index (χ1) is 13.0. The maximum atomic E-state index is 13.9. The van der Waals surface area contributed by atoms with Gasteiger partial charge in [0.05, 0.1) is 12.2 Å². The molecule has 1 aromatic heterocycles. The van der Waals surface area contributed by atoms with Gasteiger partial charge in [0.15, 0.2) is 0 Å². The highest BCUT2D eigenvalue weighted by Crippen LogP contribution is 2.47. The minimum absolute atomic E-state index is 0.0608. The van der Waals surface area contributed by atoms with Crippen LogP contribution in [0, 0.1) is 24.5 Å². The van der Waals surface area contributed by atoms with Crippen LogP contribution in [0.3, 0.4) is 0 Å². The molecule has 4 aliphatic heterocycles. The van der Waals surface area contributed by atoms with Crippen LogP contribution in [-0.4, -0.2) is 52.6 Å². The van der Waals surface area contributed by atoms with Gasteiger partial charge >= 0.3 is 0 Å². The topological polar surface area (TPSA) is 49.6 Å². The summed E-state index contributed by atoms with van der Waals surface area (Å²) in [5.41, 5.74) is 1.10. The molecule has 4 aliphatic rings. The highest BCUT2D eigenvalue weighted by atomic mass is 19.1. The van der Waals surface area contributed by atoms with Crippen molar-refractivity contribution in [2.45, 2.75) is 37.8 Å². The summed E-state index contributed by atoms with van der Waals surface area (Å²) in [7, 11) is 0. The van der Waals surface area contributed by atoms with Gasteiger partial charge in [0.2, 0.25) is 0 Å². The van der Waals surface area contributed by atoms with E-state index in [-0.39, 0.29) is 23.9 Å². The lowest BCUT2D eigenvalue weighted by Crippen LogP contribution is -2.60. The summed E-state index contributed by atoms with van der Waals surface area (Å²) in [5, 5.41) is 3.73. The van der Waals surface area contributed by atoms with E-state index in [1.807, 2.05) is 4.90 Å². The Hall–Kier alpha value is -2.28. The van der Waals surface area contributed by atoms with Gasteiger partial charge in [-0.05, 0) is 56.5 Å². The minimum atomic E-state index is -0.572. The van der Waals surface area contributed by atoms with Gasteiger partial charge in [-0.15, -0.1) is 0 Å². The first-order valence-electron chi connectivity index (χ1n) is 9.45. The number of amides is 1. The normalized spacial score (nSPS) is 32.0. The van der Waals surface area contributed by atoms with E-state index in [9.17, 15) is 13.6 Å². The number of aromatic nitrogens is 1. The number of likely N-dealkylation sites (tertiary alicyclic amines) is 1. The van der Waals surface area contributed by atoms with E-state index in [2.05, 4.69) is 10.1 Å². The highest BCUT2D eigenvalue weighted by molar-refractivity contribution is 5.95. The Morgan fingerprint density at radius 1 is 1.15 bits per heavy atom. The molecule has 0 aliphatic carbocycles. The van der Waals surface area contributed by atoms with Gasteiger partial charge in [-0.25, -0.2) is 8.78 Å². The third kappa shape index (κ3) is 2.59. The van der Waals surface area contributed by atoms with E-state index in [4.69, 9.17) is 4.52 Å². The van der Waals surface area contributed by atoms with Gasteiger partial charge in [-0.3, -0.25) is 9.69 Å². The largest absolute Gasteiger partial charge is 0.361 e. The predicted octanol–water partition coefficient (Wildman–Crippen LogP) is 2.96. The number of fused-ring (bicyclic) bond motifs is 2. The first kappa shape index (κ1) is 16.9. The average molecular weight is 373 g/mol. The van der Waals surface area contributed by atoms with Gasteiger partial charge in [0, 0.05) is 24.6 Å². The molecular weight excluding hydrogens is 352 g/mol. The number of hydrogen-bond donors (Lipinski definition) is 0. The molecule has 1 aromatic carbocycles. The summed E-state index contributed by atoms with van der Waals surface area (Å²) < 4.78 is 32.8. The van der Waals surface area contributed by atoms with Gasteiger partial charge in [0.25, 0.3) is 5.91 Å². The smallest absolute Gasteiger partial charge is 0.259 e. The van der Waals surface area contributed by atoms with Gasteiger partial charge in [-0.1, -0.05) is 5.16 Å². The van der Waals surface area contributed by atoms with Crippen LogP contribution in [0.25, 0.3) is 0 Å². The molecule has 0 spiro atoms. The Bertz CT molecular complexity index is 871. The molecule has 142 valence electrons. The lowest BCUT2D eigenvalue weighted by atomic mass is 9.75. The second-order valence-corrected chi connectivity index (χ2v) is 7.92. The summed E-state index contributed by atoms with van der Waals surface area (Å²) in [5.74, 6) is -0.427. The van der Waals surface area contributed by atoms with Crippen molar-refractivity contribution >= 4 is 5.91 Å². The first-order valence-corrected chi connectivity index (χ1v) is 9.45. The van der Waals surface area contributed by atoms with Gasteiger partial charge in [0.1, 0.15) is 23.0 Å². The number of carbonyl (C=O) groups is 1. The van der Waals surface area contributed by atoms with Crippen molar-refractivity contribution in [3.8, 4) is 0 Å². The Morgan fingerprint density at radius 3 is 2.48 bits per heavy atom. The molecule has 2 aromatic rings. The number of benzene rings is 1. The quantitative estimate of drug-likeness (QED) is 0.812. The van der Waals surface area contributed by atoms with Crippen molar-refractivity contribution in [1.82, 2.24) is 15.0 Å². The van der Waals surface area contributed by atoms with E-state index < -0.39 is 11.6 Å². The van der Waals surface area contributed by atoms with Crippen molar-refractivity contribution in [2.75, 3.05) is 19.6 Å². The van der Waals surface area contributed by atoms with Crippen LogP contribution in [0.5, 0.6) is 0 Å². The number of hydrogen-bond acceptors (Lipinski definition) is 4. The van der Waals surface area contributed by atoms with E-state index in [1.165, 1.54) is 18.3 Å². The molecule has 0 saturated carbocycles. The minimum Gasteiger partial charge on any atom is -0.361 e. The Kier molecular flexibility index (Phi) is 3.82. The van der Waals surface area contributed by atoms with Crippen molar-refractivity contribution in [3.05, 3.63) is 52.9 Å². The molecule has 7 heteroatoms. The number of halogens is 2. The Labute approximate surface area is 155 Å². The van der Waals surface area contributed by atoms with Crippen LogP contribution in [0.4, 0.5) is 8.78 Å². The van der Waals surface area contributed by atoms with Crippen LogP contribution in [0.15, 0.2) is 28.9 Å². The summed E-state index contributed by atoms with van der Waals surface area (Å²) in [6, 6.07) is 3.88. The highest BCUT2D eigenvalue weighted by Gasteiger charge is 2.55. The van der Waals surface area contributed by atoms with Crippen molar-refractivity contribution in [3.63, 3.8) is 0 Å². The molecule has 6 rings (SSSR count). The van der Waals surface area contributed by atoms with Crippen LogP contribution in [0.1, 0.15) is 40.4 Å². The fourth-order valence-electron chi connectivity index (χ4n) is 5.40. The number of piperidine rings is 3. The maximum Gasteiger partial charge on any atom is 0.259 e. The van der Waals surface area contributed by atoms with E-state index >= 15 is 0 Å².